The lowest BCUT2D eigenvalue weighted by Gasteiger charge is -2.17. The number of aromatic nitrogens is 1. The van der Waals surface area contributed by atoms with Gasteiger partial charge in [0.15, 0.2) is 0 Å². The van der Waals surface area contributed by atoms with Gasteiger partial charge in [0, 0.05) is 24.7 Å². The minimum Gasteiger partial charge on any atom is -0.361 e. The van der Waals surface area contributed by atoms with Gasteiger partial charge in [-0.15, -0.1) is 0 Å². The second-order valence-corrected chi connectivity index (χ2v) is 4.74. The molecular formula is C12H21N3O. The summed E-state index contributed by atoms with van der Waals surface area (Å²) in [6.07, 6.45) is 3.83. The van der Waals surface area contributed by atoms with Crippen molar-refractivity contribution in [3.05, 3.63) is 17.5 Å². The van der Waals surface area contributed by atoms with Crippen molar-refractivity contribution >= 4 is 0 Å². The molecule has 2 unspecified atom stereocenters. The molecule has 0 aliphatic carbocycles. The summed E-state index contributed by atoms with van der Waals surface area (Å²) in [6, 6.07) is 3.20. The van der Waals surface area contributed by atoms with Crippen molar-refractivity contribution in [2.45, 2.75) is 51.7 Å². The SMILES string of the molecule is Cc1cc(CNC(C)CC2CCCN2)no1. The van der Waals surface area contributed by atoms with E-state index < -0.39 is 0 Å². The Hall–Kier alpha value is -0.870. The Morgan fingerprint density at radius 1 is 1.69 bits per heavy atom. The van der Waals surface area contributed by atoms with Crippen molar-refractivity contribution in [1.29, 1.82) is 0 Å². The summed E-state index contributed by atoms with van der Waals surface area (Å²) in [7, 11) is 0. The molecule has 4 nitrogen and oxygen atoms in total. The lowest BCUT2D eigenvalue weighted by molar-refractivity contribution is 0.382. The number of nitrogens with one attached hydrogen (secondary N) is 2. The molecule has 2 heterocycles. The van der Waals surface area contributed by atoms with E-state index in [1.165, 1.54) is 25.8 Å². The quantitative estimate of drug-likeness (QED) is 0.796. The zero-order valence-electron chi connectivity index (χ0n) is 10.1. The molecule has 1 aromatic rings. The Bertz CT molecular complexity index is 318. The largest absolute Gasteiger partial charge is 0.361 e. The molecule has 2 rings (SSSR count). The van der Waals surface area contributed by atoms with Crippen molar-refractivity contribution in [2.24, 2.45) is 0 Å². The van der Waals surface area contributed by atoms with Crippen LogP contribution in [-0.4, -0.2) is 23.8 Å². The molecule has 0 saturated carbocycles. The first-order chi connectivity index (χ1) is 7.74. The lowest BCUT2D eigenvalue weighted by atomic mass is 10.1. The molecule has 0 aromatic carbocycles. The summed E-state index contributed by atoms with van der Waals surface area (Å²) in [4.78, 5) is 0. The molecule has 16 heavy (non-hydrogen) atoms. The predicted molar refractivity (Wildman–Crippen MR) is 63.2 cm³/mol. The Labute approximate surface area is 96.8 Å². The summed E-state index contributed by atoms with van der Waals surface area (Å²) in [5.74, 6) is 0.877. The van der Waals surface area contributed by atoms with Crippen LogP contribution in [0.5, 0.6) is 0 Å². The first-order valence-electron chi connectivity index (χ1n) is 6.13. The van der Waals surface area contributed by atoms with Crippen LogP contribution in [0, 0.1) is 6.92 Å². The number of aryl methyl sites for hydroxylation is 1. The van der Waals surface area contributed by atoms with Crippen molar-refractivity contribution in [3.63, 3.8) is 0 Å². The van der Waals surface area contributed by atoms with Crippen LogP contribution in [0.3, 0.4) is 0 Å². The van der Waals surface area contributed by atoms with E-state index in [9.17, 15) is 0 Å². The monoisotopic (exact) mass is 223 g/mol. The minimum atomic E-state index is 0.521. The molecule has 1 fully saturated rings. The second kappa shape index (κ2) is 5.46. The van der Waals surface area contributed by atoms with Gasteiger partial charge in [0.25, 0.3) is 0 Å². The minimum absolute atomic E-state index is 0.521. The van der Waals surface area contributed by atoms with Crippen LogP contribution in [0.2, 0.25) is 0 Å². The molecule has 2 N–H and O–H groups in total. The van der Waals surface area contributed by atoms with Crippen LogP contribution in [0.15, 0.2) is 10.6 Å². The van der Waals surface area contributed by atoms with Crippen molar-refractivity contribution in [1.82, 2.24) is 15.8 Å². The molecule has 0 spiro atoms. The fourth-order valence-electron chi connectivity index (χ4n) is 2.25. The Kier molecular flexibility index (Phi) is 3.96. The fraction of sp³-hybridized carbons (Fsp3) is 0.750. The third-order valence-corrected chi connectivity index (χ3v) is 3.11. The van der Waals surface area contributed by atoms with Crippen molar-refractivity contribution < 1.29 is 4.52 Å². The Balaban J connectivity index is 1.68. The van der Waals surface area contributed by atoms with Gasteiger partial charge in [-0.1, -0.05) is 5.16 Å². The first-order valence-corrected chi connectivity index (χ1v) is 6.13. The van der Waals surface area contributed by atoms with Crippen LogP contribution in [0.4, 0.5) is 0 Å². The summed E-state index contributed by atoms with van der Waals surface area (Å²) < 4.78 is 5.03. The molecule has 1 aliphatic heterocycles. The van der Waals surface area contributed by atoms with E-state index in [-0.39, 0.29) is 0 Å². The molecule has 0 bridgehead atoms. The highest BCUT2D eigenvalue weighted by Crippen LogP contribution is 2.11. The van der Waals surface area contributed by atoms with Gasteiger partial charge in [-0.2, -0.15) is 0 Å². The number of rotatable bonds is 5. The Morgan fingerprint density at radius 2 is 2.56 bits per heavy atom. The summed E-state index contributed by atoms with van der Waals surface area (Å²) in [5.41, 5.74) is 0.990. The zero-order valence-corrected chi connectivity index (χ0v) is 10.1. The van der Waals surface area contributed by atoms with Gasteiger partial charge in [-0.25, -0.2) is 0 Å². The number of nitrogens with zero attached hydrogens (tertiary/aromatic N) is 1. The van der Waals surface area contributed by atoms with E-state index in [0.29, 0.717) is 12.1 Å². The van der Waals surface area contributed by atoms with Crippen LogP contribution >= 0.6 is 0 Å². The van der Waals surface area contributed by atoms with E-state index >= 15 is 0 Å². The average Bonchev–Trinajstić information content (AvgIpc) is 2.87. The van der Waals surface area contributed by atoms with Gasteiger partial charge >= 0.3 is 0 Å². The average molecular weight is 223 g/mol. The number of hydrogen-bond acceptors (Lipinski definition) is 4. The van der Waals surface area contributed by atoms with Gasteiger partial charge in [0.05, 0.1) is 5.69 Å². The highest BCUT2D eigenvalue weighted by atomic mass is 16.5. The first kappa shape index (κ1) is 11.6. The van der Waals surface area contributed by atoms with Crippen LogP contribution in [-0.2, 0) is 6.54 Å². The third kappa shape index (κ3) is 3.32. The standard InChI is InChI=1S/C12H21N3O/c1-9(6-11-4-3-5-13-11)14-8-12-7-10(2)16-15-12/h7,9,11,13-14H,3-6,8H2,1-2H3. The third-order valence-electron chi connectivity index (χ3n) is 3.11. The number of hydrogen-bond donors (Lipinski definition) is 2. The molecule has 1 aromatic heterocycles. The highest BCUT2D eigenvalue weighted by molar-refractivity contribution is 5.03. The maximum atomic E-state index is 5.03. The maximum Gasteiger partial charge on any atom is 0.133 e. The van der Waals surface area contributed by atoms with E-state index in [2.05, 4.69) is 22.7 Å². The van der Waals surface area contributed by atoms with Crippen molar-refractivity contribution in [3.8, 4) is 0 Å². The normalized spacial score (nSPS) is 22.5. The van der Waals surface area contributed by atoms with Gasteiger partial charge < -0.3 is 15.2 Å². The van der Waals surface area contributed by atoms with E-state index in [1.54, 1.807) is 0 Å². The fourth-order valence-corrected chi connectivity index (χ4v) is 2.25. The van der Waals surface area contributed by atoms with E-state index in [4.69, 9.17) is 4.52 Å². The van der Waals surface area contributed by atoms with E-state index in [1.807, 2.05) is 13.0 Å². The summed E-state index contributed by atoms with van der Waals surface area (Å²) >= 11 is 0. The summed E-state index contributed by atoms with van der Waals surface area (Å²) in [5, 5.41) is 11.0. The second-order valence-electron chi connectivity index (χ2n) is 4.74. The highest BCUT2D eigenvalue weighted by Gasteiger charge is 2.16. The summed E-state index contributed by atoms with van der Waals surface area (Å²) in [6.45, 7) is 6.13. The smallest absolute Gasteiger partial charge is 0.133 e. The van der Waals surface area contributed by atoms with Crippen LogP contribution < -0.4 is 10.6 Å². The maximum absolute atomic E-state index is 5.03. The molecule has 4 heteroatoms. The molecule has 1 aliphatic rings. The zero-order chi connectivity index (χ0) is 11.4. The molecule has 2 atom stereocenters. The van der Waals surface area contributed by atoms with Crippen molar-refractivity contribution in [2.75, 3.05) is 6.54 Å². The predicted octanol–water partition coefficient (Wildman–Crippen LogP) is 1.60. The molecule has 0 radical (unpaired) electrons. The topological polar surface area (TPSA) is 50.1 Å². The molecule has 0 amide bonds. The van der Waals surface area contributed by atoms with Crippen LogP contribution in [0.25, 0.3) is 0 Å². The van der Waals surface area contributed by atoms with Gasteiger partial charge in [0.2, 0.25) is 0 Å². The molecule has 90 valence electrons. The van der Waals surface area contributed by atoms with Crippen LogP contribution in [0.1, 0.15) is 37.6 Å². The van der Waals surface area contributed by atoms with Gasteiger partial charge in [0.1, 0.15) is 5.76 Å². The van der Waals surface area contributed by atoms with Gasteiger partial charge in [-0.05, 0) is 39.7 Å². The molecule has 1 saturated heterocycles. The van der Waals surface area contributed by atoms with Gasteiger partial charge in [-0.3, -0.25) is 0 Å². The lowest BCUT2D eigenvalue weighted by Crippen LogP contribution is -2.33. The molecular weight excluding hydrogens is 202 g/mol. The van der Waals surface area contributed by atoms with E-state index in [0.717, 1.165) is 18.0 Å². The Morgan fingerprint density at radius 3 is 3.19 bits per heavy atom.